The molecule has 0 aromatic carbocycles. The summed E-state index contributed by atoms with van der Waals surface area (Å²) in [5.74, 6) is 2.15. The summed E-state index contributed by atoms with van der Waals surface area (Å²) < 4.78 is 0. The molecule has 0 unspecified atom stereocenters. The van der Waals surface area contributed by atoms with Crippen molar-refractivity contribution in [1.29, 1.82) is 0 Å². The van der Waals surface area contributed by atoms with Gasteiger partial charge in [-0.1, -0.05) is 25.7 Å². The van der Waals surface area contributed by atoms with E-state index in [1.54, 1.807) is 0 Å². The summed E-state index contributed by atoms with van der Waals surface area (Å²) in [5, 5.41) is 0. The van der Waals surface area contributed by atoms with Crippen LogP contribution in [0, 0.1) is 18.3 Å². The zero-order valence-electron chi connectivity index (χ0n) is 5.97. The Hall–Kier alpha value is 0. The van der Waals surface area contributed by atoms with Crippen LogP contribution in [0.15, 0.2) is 0 Å². The first-order valence-electron chi connectivity index (χ1n) is 4.30. The molecule has 2 aliphatic carbocycles. The number of fused-ring (bicyclic) bond motifs is 1. The van der Waals surface area contributed by atoms with Crippen molar-refractivity contribution in [3.05, 3.63) is 6.42 Å². The summed E-state index contributed by atoms with van der Waals surface area (Å²) >= 11 is 0. The van der Waals surface area contributed by atoms with Gasteiger partial charge < -0.3 is 0 Å². The van der Waals surface area contributed by atoms with E-state index >= 15 is 0 Å². The van der Waals surface area contributed by atoms with Crippen molar-refractivity contribution in [1.82, 2.24) is 0 Å². The normalized spacial score (nSPS) is 42.7. The second-order valence-corrected chi connectivity index (χ2v) is 3.52. The van der Waals surface area contributed by atoms with Crippen LogP contribution in [0.4, 0.5) is 0 Å². The molecule has 0 bridgehead atoms. The topological polar surface area (TPSA) is 0 Å². The maximum Gasteiger partial charge on any atom is -0.0352 e. The lowest BCUT2D eigenvalue weighted by Crippen LogP contribution is -2.13. The fourth-order valence-electron chi connectivity index (χ4n) is 2.45. The lowest BCUT2D eigenvalue weighted by molar-refractivity contribution is 0.343. The standard InChI is InChI=1S/C9H15/c1-2-5-9-7-3-6-8(9)4-1/h4,8-9H,1-3,5-7H2/t8-,9+/m1/s1. The third kappa shape index (κ3) is 0.997. The van der Waals surface area contributed by atoms with E-state index in [2.05, 4.69) is 6.42 Å². The summed E-state index contributed by atoms with van der Waals surface area (Å²) in [6, 6.07) is 0. The van der Waals surface area contributed by atoms with Crippen LogP contribution in [0.2, 0.25) is 0 Å². The van der Waals surface area contributed by atoms with E-state index < -0.39 is 0 Å². The highest BCUT2D eigenvalue weighted by Crippen LogP contribution is 2.41. The Morgan fingerprint density at radius 3 is 2.78 bits per heavy atom. The highest BCUT2D eigenvalue weighted by Gasteiger charge is 2.28. The van der Waals surface area contributed by atoms with Gasteiger partial charge in [0.1, 0.15) is 0 Å². The highest BCUT2D eigenvalue weighted by atomic mass is 14.3. The summed E-state index contributed by atoms with van der Waals surface area (Å²) in [5.41, 5.74) is 0. The number of rotatable bonds is 0. The molecule has 51 valence electrons. The van der Waals surface area contributed by atoms with Crippen molar-refractivity contribution >= 4 is 0 Å². The van der Waals surface area contributed by atoms with Gasteiger partial charge in [0, 0.05) is 0 Å². The molecule has 2 rings (SSSR count). The lowest BCUT2D eigenvalue weighted by Gasteiger charge is -2.23. The van der Waals surface area contributed by atoms with Crippen LogP contribution in [0.1, 0.15) is 38.5 Å². The Bertz CT molecular complexity index is 84.2. The summed E-state index contributed by atoms with van der Waals surface area (Å²) in [6.45, 7) is 0. The molecule has 0 heterocycles. The van der Waals surface area contributed by atoms with Crippen LogP contribution in [0.3, 0.4) is 0 Å². The maximum atomic E-state index is 2.57. The molecule has 2 atom stereocenters. The molecule has 0 aromatic heterocycles. The molecule has 1 radical (unpaired) electrons. The van der Waals surface area contributed by atoms with E-state index in [0.29, 0.717) is 0 Å². The van der Waals surface area contributed by atoms with E-state index in [1.807, 2.05) is 0 Å². The van der Waals surface area contributed by atoms with E-state index in [-0.39, 0.29) is 0 Å². The average molecular weight is 123 g/mol. The van der Waals surface area contributed by atoms with Gasteiger partial charge in [-0.25, -0.2) is 0 Å². The first kappa shape index (κ1) is 5.76. The van der Waals surface area contributed by atoms with E-state index in [4.69, 9.17) is 0 Å². The fraction of sp³-hybridized carbons (Fsp3) is 0.889. The molecule has 0 heteroatoms. The molecule has 9 heavy (non-hydrogen) atoms. The van der Waals surface area contributed by atoms with Crippen molar-refractivity contribution in [2.45, 2.75) is 38.5 Å². The molecular weight excluding hydrogens is 108 g/mol. The minimum atomic E-state index is 1.04. The van der Waals surface area contributed by atoms with Crippen LogP contribution >= 0.6 is 0 Å². The largest absolute Gasteiger partial charge is 0.0527 e. The zero-order valence-corrected chi connectivity index (χ0v) is 5.97. The molecule has 0 spiro atoms. The molecule has 2 fully saturated rings. The summed E-state index contributed by atoms with van der Waals surface area (Å²) in [7, 11) is 0. The van der Waals surface area contributed by atoms with Crippen LogP contribution in [0.5, 0.6) is 0 Å². The predicted octanol–water partition coefficient (Wildman–Crippen LogP) is 2.79. The van der Waals surface area contributed by atoms with Crippen LogP contribution in [-0.4, -0.2) is 0 Å². The van der Waals surface area contributed by atoms with Gasteiger partial charge in [-0.15, -0.1) is 0 Å². The van der Waals surface area contributed by atoms with Crippen LogP contribution < -0.4 is 0 Å². The molecule has 0 N–H and O–H groups in total. The molecule has 0 amide bonds. The molecular formula is C9H15. The van der Waals surface area contributed by atoms with Gasteiger partial charge in [0.15, 0.2) is 0 Å². The quantitative estimate of drug-likeness (QED) is 0.464. The van der Waals surface area contributed by atoms with E-state index in [9.17, 15) is 0 Å². The fourth-order valence-corrected chi connectivity index (χ4v) is 2.45. The first-order chi connectivity index (χ1) is 4.47. The SMILES string of the molecule is [CH]1CCC[C@H]2CCC[C@@H]12. The minimum Gasteiger partial charge on any atom is -0.0527 e. The predicted molar refractivity (Wildman–Crippen MR) is 39.0 cm³/mol. The third-order valence-electron chi connectivity index (χ3n) is 2.97. The van der Waals surface area contributed by atoms with Crippen molar-refractivity contribution in [3.63, 3.8) is 0 Å². The van der Waals surface area contributed by atoms with E-state index in [1.165, 1.54) is 38.5 Å². The molecule has 2 aliphatic rings. The van der Waals surface area contributed by atoms with Gasteiger partial charge in [-0.3, -0.25) is 0 Å². The molecule has 0 nitrogen and oxygen atoms in total. The third-order valence-corrected chi connectivity index (χ3v) is 2.97. The average Bonchev–Trinajstić information content (AvgIpc) is 2.33. The van der Waals surface area contributed by atoms with Gasteiger partial charge in [0.2, 0.25) is 0 Å². The smallest absolute Gasteiger partial charge is 0.0352 e. The van der Waals surface area contributed by atoms with Crippen LogP contribution in [-0.2, 0) is 0 Å². The number of hydrogen-bond donors (Lipinski definition) is 0. The van der Waals surface area contributed by atoms with E-state index in [0.717, 1.165) is 11.8 Å². The second kappa shape index (κ2) is 2.32. The van der Waals surface area contributed by atoms with Crippen molar-refractivity contribution < 1.29 is 0 Å². The molecule has 0 aliphatic heterocycles. The molecule has 0 saturated heterocycles. The van der Waals surface area contributed by atoms with Crippen molar-refractivity contribution in [3.8, 4) is 0 Å². The monoisotopic (exact) mass is 123 g/mol. The van der Waals surface area contributed by atoms with Gasteiger partial charge in [0.25, 0.3) is 0 Å². The molecule has 0 aromatic rings. The van der Waals surface area contributed by atoms with Gasteiger partial charge >= 0.3 is 0 Å². The maximum absolute atomic E-state index is 2.57. The van der Waals surface area contributed by atoms with Gasteiger partial charge in [-0.05, 0) is 31.1 Å². The Morgan fingerprint density at radius 1 is 1.00 bits per heavy atom. The zero-order chi connectivity index (χ0) is 6.10. The summed E-state index contributed by atoms with van der Waals surface area (Å²) in [4.78, 5) is 0. The number of hydrogen-bond acceptors (Lipinski definition) is 0. The highest BCUT2D eigenvalue weighted by molar-refractivity contribution is 4.90. The summed E-state index contributed by atoms with van der Waals surface area (Å²) in [6.07, 6.45) is 11.5. The Morgan fingerprint density at radius 2 is 1.89 bits per heavy atom. The second-order valence-electron chi connectivity index (χ2n) is 3.52. The van der Waals surface area contributed by atoms with Crippen molar-refractivity contribution in [2.24, 2.45) is 11.8 Å². The Balaban J connectivity index is 1.97. The first-order valence-corrected chi connectivity index (χ1v) is 4.30. The Kier molecular flexibility index (Phi) is 1.48. The van der Waals surface area contributed by atoms with Crippen molar-refractivity contribution in [2.75, 3.05) is 0 Å². The Labute approximate surface area is 57.6 Å². The minimum absolute atomic E-state index is 1.04. The lowest BCUT2D eigenvalue weighted by atomic mass is 9.82. The van der Waals surface area contributed by atoms with Gasteiger partial charge in [0.05, 0.1) is 0 Å². The molecule has 2 saturated carbocycles. The van der Waals surface area contributed by atoms with Gasteiger partial charge in [-0.2, -0.15) is 0 Å². The van der Waals surface area contributed by atoms with Crippen LogP contribution in [0.25, 0.3) is 0 Å².